The molecule has 1 aliphatic rings. The van der Waals surface area contributed by atoms with Crippen molar-refractivity contribution in [3.63, 3.8) is 0 Å². The minimum absolute atomic E-state index is 0.0278. The van der Waals surface area contributed by atoms with E-state index in [1.807, 2.05) is 6.92 Å². The van der Waals surface area contributed by atoms with E-state index in [9.17, 15) is 4.79 Å². The highest BCUT2D eigenvalue weighted by molar-refractivity contribution is 5.60. The Morgan fingerprint density at radius 3 is 2.62 bits per heavy atom. The van der Waals surface area contributed by atoms with Gasteiger partial charge >= 0.3 is 12.3 Å². The van der Waals surface area contributed by atoms with Crippen LogP contribution in [0.5, 0.6) is 0 Å². The van der Waals surface area contributed by atoms with Crippen LogP contribution in [0.4, 0.5) is 9.59 Å². The summed E-state index contributed by atoms with van der Waals surface area (Å²) in [5.41, 5.74) is 0. The number of hydrogen-bond acceptors (Lipinski definition) is 4. The Hall–Kier alpha value is -1.46. The predicted molar refractivity (Wildman–Crippen MR) is 41.8 cm³/mol. The standard InChI is InChI=1S/C6H10O3.CH2O3/c1-5-3-2-4-8-6(7)9-5;2-1(3)4/h5H,2-4H2,1H3;(H2,2,3,4). The largest absolute Gasteiger partial charge is 0.508 e. The van der Waals surface area contributed by atoms with E-state index in [2.05, 4.69) is 4.74 Å². The molecule has 0 saturated carbocycles. The average Bonchev–Trinajstić information content (AvgIpc) is 2.12. The number of carbonyl (C=O) groups is 2. The summed E-state index contributed by atoms with van der Waals surface area (Å²) in [6.45, 7) is 2.37. The fourth-order valence-corrected chi connectivity index (χ4v) is 0.784. The zero-order valence-corrected chi connectivity index (χ0v) is 7.23. The van der Waals surface area contributed by atoms with Gasteiger partial charge in [-0.1, -0.05) is 0 Å². The van der Waals surface area contributed by atoms with Crippen molar-refractivity contribution < 1.29 is 29.3 Å². The van der Waals surface area contributed by atoms with Gasteiger partial charge in [-0.3, -0.25) is 0 Å². The molecule has 2 N–H and O–H groups in total. The first-order chi connectivity index (χ1) is 6.02. The van der Waals surface area contributed by atoms with Gasteiger partial charge in [0.05, 0.1) is 6.61 Å². The number of hydrogen-bond donors (Lipinski definition) is 2. The molecule has 0 aromatic carbocycles. The first-order valence-electron chi connectivity index (χ1n) is 3.77. The quantitative estimate of drug-likeness (QED) is 0.565. The number of carboxylic acid groups (broad SMARTS) is 2. The lowest BCUT2D eigenvalue weighted by molar-refractivity contribution is 0.0488. The van der Waals surface area contributed by atoms with Crippen molar-refractivity contribution in [2.24, 2.45) is 0 Å². The molecular weight excluding hydrogens is 180 g/mol. The zero-order chi connectivity index (χ0) is 10.3. The SMILES string of the molecule is CC1CCCOC(=O)O1.O=C(O)O. The normalized spacial score (nSPS) is 21.3. The lowest BCUT2D eigenvalue weighted by Crippen LogP contribution is -2.10. The summed E-state index contributed by atoms with van der Waals surface area (Å²) in [6, 6.07) is 0. The number of rotatable bonds is 0. The van der Waals surface area contributed by atoms with Crippen molar-refractivity contribution in [3.8, 4) is 0 Å². The second-order valence-electron chi connectivity index (χ2n) is 2.45. The number of carbonyl (C=O) groups excluding carboxylic acids is 1. The van der Waals surface area contributed by atoms with E-state index in [0.717, 1.165) is 12.8 Å². The van der Waals surface area contributed by atoms with Crippen LogP contribution in [0, 0.1) is 0 Å². The summed E-state index contributed by atoms with van der Waals surface area (Å²) in [5.74, 6) is 0. The Morgan fingerprint density at radius 2 is 2.08 bits per heavy atom. The molecule has 13 heavy (non-hydrogen) atoms. The van der Waals surface area contributed by atoms with Gasteiger partial charge in [0, 0.05) is 0 Å². The van der Waals surface area contributed by atoms with Gasteiger partial charge in [0.25, 0.3) is 0 Å². The van der Waals surface area contributed by atoms with Crippen LogP contribution in [-0.2, 0) is 9.47 Å². The van der Waals surface area contributed by atoms with Crippen LogP contribution in [0.25, 0.3) is 0 Å². The molecule has 1 atom stereocenters. The van der Waals surface area contributed by atoms with Gasteiger partial charge < -0.3 is 19.7 Å². The van der Waals surface area contributed by atoms with Crippen LogP contribution in [0.15, 0.2) is 0 Å². The Kier molecular flexibility index (Phi) is 5.42. The molecule has 0 spiro atoms. The van der Waals surface area contributed by atoms with Crippen molar-refractivity contribution >= 4 is 12.3 Å². The smallest absolute Gasteiger partial charge is 0.450 e. The Balaban J connectivity index is 0.000000310. The monoisotopic (exact) mass is 192 g/mol. The fourth-order valence-electron chi connectivity index (χ4n) is 0.784. The van der Waals surface area contributed by atoms with Gasteiger partial charge in [0.15, 0.2) is 0 Å². The Morgan fingerprint density at radius 1 is 1.54 bits per heavy atom. The third kappa shape index (κ3) is 8.45. The van der Waals surface area contributed by atoms with Gasteiger partial charge in [0.2, 0.25) is 0 Å². The predicted octanol–water partition coefficient (Wildman–Crippen LogP) is 1.54. The molecule has 1 saturated heterocycles. The van der Waals surface area contributed by atoms with E-state index in [1.54, 1.807) is 0 Å². The Labute approximate surface area is 75.1 Å². The van der Waals surface area contributed by atoms with E-state index in [-0.39, 0.29) is 6.10 Å². The molecule has 1 heterocycles. The maximum absolute atomic E-state index is 10.4. The van der Waals surface area contributed by atoms with Crippen LogP contribution in [-0.4, -0.2) is 35.2 Å². The van der Waals surface area contributed by atoms with Crippen LogP contribution in [0.1, 0.15) is 19.8 Å². The molecule has 1 unspecified atom stereocenters. The maximum Gasteiger partial charge on any atom is 0.508 e. The topological polar surface area (TPSA) is 93.1 Å². The molecule has 0 aromatic rings. The van der Waals surface area contributed by atoms with Gasteiger partial charge in [-0.2, -0.15) is 0 Å². The van der Waals surface area contributed by atoms with E-state index in [4.69, 9.17) is 19.7 Å². The maximum atomic E-state index is 10.4. The highest BCUT2D eigenvalue weighted by atomic mass is 16.7. The fraction of sp³-hybridized carbons (Fsp3) is 0.714. The molecule has 0 aliphatic carbocycles. The van der Waals surface area contributed by atoms with Crippen LogP contribution in [0.2, 0.25) is 0 Å². The van der Waals surface area contributed by atoms with Crippen molar-refractivity contribution in [2.75, 3.05) is 6.61 Å². The van der Waals surface area contributed by atoms with Gasteiger partial charge in [-0.25, -0.2) is 9.59 Å². The van der Waals surface area contributed by atoms with Crippen LogP contribution < -0.4 is 0 Å². The molecule has 0 amide bonds. The third-order valence-corrected chi connectivity index (χ3v) is 1.27. The zero-order valence-electron chi connectivity index (χ0n) is 7.23. The van der Waals surface area contributed by atoms with E-state index in [0.29, 0.717) is 6.61 Å². The molecule has 76 valence electrons. The number of ether oxygens (including phenoxy) is 2. The molecule has 1 rings (SSSR count). The molecule has 6 heteroatoms. The Bertz CT molecular complexity index is 174. The molecule has 1 fully saturated rings. The third-order valence-electron chi connectivity index (χ3n) is 1.27. The highest BCUT2D eigenvalue weighted by Crippen LogP contribution is 2.07. The molecular formula is C7H12O6. The van der Waals surface area contributed by atoms with E-state index >= 15 is 0 Å². The summed E-state index contributed by atoms with van der Waals surface area (Å²) >= 11 is 0. The van der Waals surface area contributed by atoms with Crippen molar-refractivity contribution in [1.82, 2.24) is 0 Å². The lowest BCUT2D eigenvalue weighted by atomic mass is 10.2. The van der Waals surface area contributed by atoms with Gasteiger partial charge in [0.1, 0.15) is 6.10 Å². The van der Waals surface area contributed by atoms with Crippen molar-refractivity contribution in [3.05, 3.63) is 0 Å². The molecule has 0 radical (unpaired) electrons. The summed E-state index contributed by atoms with van der Waals surface area (Å²) in [5, 5.41) is 13.9. The van der Waals surface area contributed by atoms with Gasteiger partial charge in [-0.05, 0) is 19.8 Å². The average molecular weight is 192 g/mol. The summed E-state index contributed by atoms with van der Waals surface area (Å²) in [6.07, 6.45) is -0.515. The number of cyclic esters (lactones) is 2. The highest BCUT2D eigenvalue weighted by Gasteiger charge is 2.14. The first-order valence-corrected chi connectivity index (χ1v) is 3.77. The molecule has 1 aliphatic heterocycles. The minimum atomic E-state index is -1.83. The van der Waals surface area contributed by atoms with E-state index < -0.39 is 12.3 Å². The first kappa shape index (κ1) is 11.5. The van der Waals surface area contributed by atoms with Gasteiger partial charge in [-0.15, -0.1) is 0 Å². The van der Waals surface area contributed by atoms with Crippen LogP contribution in [0.3, 0.4) is 0 Å². The molecule has 6 nitrogen and oxygen atoms in total. The van der Waals surface area contributed by atoms with Crippen molar-refractivity contribution in [2.45, 2.75) is 25.9 Å². The summed E-state index contributed by atoms with van der Waals surface area (Å²) in [4.78, 5) is 19.0. The van der Waals surface area contributed by atoms with E-state index in [1.165, 1.54) is 0 Å². The lowest BCUT2D eigenvalue weighted by Gasteiger charge is -2.04. The minimum Gasteiger partial charge on any atom is -0.450 e. The molecule has 0 bridgehead atoms. The summed E-state index contributed by atoms with van der Waals surface area (Å²) in [7, 11) is 0. The second-order valence-corrected chi connectivity index (χ2v) is 2.45. The molecule has 0 aromatic heterocycles. The second kappa shape index (κ2) is 6.10. The summed E-state index contributed by atoms with van der Waals surface area (Å²) < 4.78 is 9.36. The van der Waals surface area contributed by atoms with Crippen molar-refractivity contribution in [1.29, 1.82) is 0 Å². The van der Waals surface area contributed by atoms with Crippen LogP contribution >= 0.6 is 0 Å².